The van der Waals surface area contributed by atoms with Gasteiger partial charge in [0.1, 0.15) is 5.82 Å². The Balaban J connectivity index is 3.27. The van der Waals surface area contributed by atoms with Crippen molar-refractivity contribution in [3.63, 3.8) is 0 Å². The van der Waals surface area contributed by atoms with Crippen molar-refractivity contribution in [1.82, 2.24) is 9.97 Å². The lowest BCUT2D eigenvalue weighted by molar-refractivity contribution is 0.509. The number of aromatic nitrogens is 2. The van der Waals surface area contributed by atoms with E-state index < -0.39 is 5.54 Å². The van der Waals surface area contributed by atoms with Gasteiger partial charge in [-0.2, -0.15) is 0 Å². The van der Waals surface area contributed by atoms with Crippen LogP contribution in [-0.2, 0) is 5.54 Å². The second-order valence-corrected chi connectivity index (χ2v) is 3.46. The van der Waals surface area contributed by atoms with E-state index in [0.29, 0.717) is 11.5 Å². The third kappa shape index (κ3) is 1.92. The van der Waals surface area contributed by atoms with Crippen LogP contribution in [-0.4, -0.2) is 9.97 Å². The molecule has 0 aromatic carbocycles. The monoisotopic (exact) mass is 167 g/mol. The first-order valence-electron chi connectivity index (χ1n) is 3.77. The van der Waals surface area contributed by atoms with Crippen molar-refractivity contribution in [3.8, 4) is 0 Å². The summed E-state index contributed by atoms with van der Waals surface area (Å²) in [7, 11) is 0. The topological polar surface area (TPSA) is 71.8 Å². The van der Waals surface area contributed by atoms with Gasteiger partial charge in [-0.1, -0.05) is 0 Å². The van der Waals surface area contributed by atoms with Crippen molar-refractivity contribution < 1.29 is 0 Å². The van der Waals surface area contributed by atoms with Gasteiger partial charge in [0.25, 0.3) is 5.56 Å². The van der Waals surface area contributed by atoms with Crippen LogP contribution in [0.3, 0.4) is 0 Å². The van der Waals surface area contributed by atoms with Gasteiger partial charge in [-0.25, -0.2) is 4.98 Å². The maximum absolute atomic E-state index is 11.0. The molecule has 0 amide bonds. The van der Waals surface area contributed by atoms with Crippen LogP contribution >= 0.6 is 0 Å². The van der Waals surface area contributed by atoms with Crippen LogP contribution in [0.1, 0.15) is 25.4 Å². The molecule has 0 saturated carbocycles. The summed E-state index contributed by atoms with van der Waals surface area (Å²) in [6.45, 7) is 5.36. The lowest BCUT2D eigenvalue weighted by Crippen LogP contribution is -2.33. The smallest absolute Gasteiger partial charge is 0.251 e. The molecule has 66 valence electrons. The average Bonchev–Trinajstić information content (AvgIpc) is 1.82. The molecular formula is C8H13N3O. The van der Waals surface area contributed by atoms with Crippen molar-refractivity contribution in [2.75, 3.05) is 0 Å². The quantitative estimate of drug-likeness (QED) is 0.630. The molecule has 0 aliphatic heterocycles. The van der Waals surface area contributed by atoms with E-state index in [1.165, 1.54) is 6.07 Å². The van der Waals surface area contributed by atoms with Crippen LogP contribution < -0.4 is 11.3 Å². The highest BCUT2D eigenvalue weighted by atomic mass is 16.1. The number of H-pyrrole nitrogens is 1. The number of hydrogen-bond acceptors (Lipinski definition) is 3. The molecule has 4 heteroatoms. The molecule has 0 saturated heterocycles. The van der Waals surface area contributed by atoms with Gasteiger partial charge in [0.2, 0.25) is 0 Å². The van der Waals surface area contributed by atoms with Crippen molar-refractivity contribution in [2.24, 2.45) is 5.73 Å². The minimum absolute atomic E-state index is 0.156. The molecule has 0 atom stereocenters. The fourth-order valence-electron chi connectivity index (χ4n) is 0.884. The minimum atomic E-state index is -0.592. The van der Waals surface area contributed by atoms with E-state index in [1.54, 1.807) is 20.8 Å². The van der Waals surface area contributed by atoms with Crippen molar-refractivity contribution in [3.05, 3.63) is 27.9 Å². The highest BCUT2D eigenvalue weighted by molar-refractivity contribution is 5.06. The van der Waals surface area contributed by atoms with Crippen LogP contribution in [0.25, 0.3) is 0 Å². The summed E-state index contributed by atoms with van der Waals surface area (Å²) in [5, 5.41) is 0. The summed E-state index contributed by atoms with van der Waals surface area (Å²) in [5.41, 5.74) is 5.70. The van der Waals surface area contributed by atoms with E-state index >= 15 is 0 Å². The maximum atomic E-state index is 11.0. The fraction of sp³-hybridized carbons (Fsp3) is 0.500. The molecule has 0 radical (unpaired) electrons. The zero-order valence-electron chi connectivity index (χ0n) is 7.51. The summed E-state index contributed by atoms with van der Waals surface area (Å²) in [6, 6.07) is 1.44. The van der Waals surface area contributed by atoms with Crippen molar-refractivity contribution >= 4 is 0 Å². The fourth-order valence-corrected chi connectivity index (χ4v) is 0.884. The Morgan fingerprint density at radius 2 is 2.17 bits per heavy atom. The Bertz CT molecular complexity index is 335. The van der Waals surface area contributed by atoms with Gasteiger partial charge in [0.15, 0.2) is 0 Å². The van der Waals surface area contributed by atoms with Gasteiger partial charge in [-0.05, 0) is 20.8 Å². The lowest BCUT2D eigenvalue weighted by Gasteiger charge is -2.16. The number of rotatable bonds is 1. The molecule has 4 nitrogen and oxygen atoms in total. The molecule has 0 unspecified atom stereocenters. The largest absolute Gasteiger partial charge is 0.319 e. The Labute approximate surface area is 70.8 Å². The Morgan fingerprint density at radius 1 is 1.58 bits per heavy atom. The highest BCUT2D eigenvalue weighted by Gasteiger charge is 2.16. The van der Waals surface area contributed by atoms with Gasteiger partial charge in [-0.3, -0.25) is 4.79 Å². The second-order valence-electron chi connectivity index (χ2n) is 3.46. The van der Waals surface area contributed by atoms with Gasteiger partial charge in [-0.15, -0.1) is 0 Å². The summed E-state index contributed by atoms with van der Waals surface area (Å²) >= 11 is 0. The first-order valence-corrected chi connectivity index (χ1v) is 3.77. The summed E-state index contributed by atoms with van der Waals surface area (Å²) in [5.74, 6) is 0.521. The zero-order valence-corrected chi connectivity index (χ0v) is 7.51. The number of nitrogens with zero attached hydrogens (tertiary/aromatic N) is 1. The van der Waals surface area contributed by atoms with E-state index in [1.807, 2.05) is 0 Å². The van der Waals surface area contributed by atoms with Crippen LogP contribution in [0.4, 0.5) is 0 Å². The Morgan fingerprint density at radius 3 is 2.58 bits per heavy atom. The molecule has 0 bridgehead atoms. The van der Waals surface area contributed by atoms with Gasteiger partial charge >= 0.3 is 0 Å². The normalized spacial score (nSPS) is 11.7. The van der Waals surface area contributed by atoms with E-state index in [2.05, 4.69) is 9.97 Å². The first-order chi connectivity index (χ1) is 5.39. The predicted molar refractivity (Wildman–Crippen MR) is 46.8 cm³/mol. The van der Waals surface area contributed by atoms with Crippen LogP contribution in [0.15, 0.2) is 10.9 Å². The predicted octanol–water partition coefficient (Wildman–Crippen LogP) is 0.272. The van der Waals surface area contributed by atoms with E-state index in [9.17, 15) is 4.79 Å². The molecule has 1 aromatic heterocycles. The molecule has 0 fully saturated rings. The van der Waals surface area contributed by atoms with Crippen molar-refractivity contribution in [2.45, 2.75) is 26.3 Å². The second kappa shape index (κ2) is 2.71. The first kappa shape index (κ1) is 8.93. The molecule has 0 aliphatic carbocycles. The third-order valence-corrected chi connectivity index (χ3v) is 1.48. The number of nitrogens with two attached hydrogens (primary N) is 1. The Kier molecular flexibility index (Phi) is 2.02. The summed E-state index contributed by atoms with van der Waals surface area (Å²) in [4.78, 5) is 17.7. The highest BCUT2D eigenvalue weighted by Crippen LogP contribution is 2.09. The van der Waals surface area contributed by atoms with Crippen LogP contribution in [0, 0.1) is 6.92 Å². The molecular weight excluding hydrogens is 154 g/mol. The minimum Gasteiger partial charge on any atom is -0.319 e. The standard InChI is InChI=1S/C8H13N3O/c1-5-4-6(12)11-7(10-5)8(2,3)9/h4H,9H2,1-3H3,(H,10,11,12). The molecule has 1 heterocycles. The lowest BCUT2D eigenvalue weighted by atomic mass is 10.1. The summed E-state index contributed by atoms with van der Waals surface area (Å²) < 4.78 is 0. The molecule has 1 rings (SSSR count). The van der Waals surface area contributed by atoms with Crippen LogP contribution in [0.2, 0.25) is 0 Å². The Hall–Kier alpha value is -1.16. The van der Waals surface area contributed by atoms with Gasteiger partial charge in [0, 0.05) is 11.8 Å². The summed E-state index contributed by atoms with van der Waals surface area (Å²) in [6.07, 6.45) is 0. The molecule has 12 heavy (non-hydrogen) atoms. The van der Waals surface area contributed by atoms with Gasteiger partial charge < -0.3 is 10.7 Å². The number of aromatic amines is 1. The van der Waals surface area contributed by atoms with E-state index in [0.717, 1.165) is 0 Å². The molecule has 1 aromatic rings. The van der Waals surface area contributed by atoms with Crippen LogP contribution in [0.5, 0.6) is 0 Å². The van der Waals surface area contributed by atoms with E-state index in [4.69, 9.17) is 5.73 Å². The van der Waals surface area contributed by atoms with E-state index in [-0.39, 0.29) is 5.56 Å². The zero-order chi connectivity index (χ0) is 9.35. The molecule has 0 spiro atoms. The van der Waals surface area contributed by atoms with Gasteiger partial charge in [0.05, 0.1) is 5.54 Å². The average molecular weight is 167 g/mol. The maximum Gasteiger partial charge on any atom is 0.251 e. The number of nitrogens with one attached hydrogen (secondary N) is 1. The molecule has 3 N–H and O–H groups in total. The molecule has 0 aliphatic rings. The third-order valence-electron chi connectivity index (χ3n) is 1.48. The number of aryl methyl sites for hydroxylation is 1. The SMILES string of the molecule is Cc1cc(=O)[nH]c(C(C)(C)N)n1. The van der Waals surface area contributed by atoms with Crippen molar-refractivity contribution in [1.29, 1.82) is 0 Å². The number of hydrogen-bond donors (Lipinski definition) is 2.